The molecule has 4 nitrogen and oxygen atoms in total. The topological polar surface area (TPSA) is 50.6 Å². The lowest BCUT2D eigenvalue weighted by Crippen LogP contribution is -2.39. The van der Waals surface area contributed by atoms with Crippen molar-refractivity contribution in [2.75, 3.05) is 27.2 Å². The third kappa shape index (κ3) is 2.67. The van der Waals surface area contributed by atoms with Crippen LogP contribution < -0.4 is 0 Å². The van der Waals surface area contributed by atoms with Crippen LogP contribution in [0.4, 0.5) is 0 Å². The molecule has 1 rings (SSSR count). The van der Waals surface area contributed by atoms with Gasteiger partial charge in [-0.05, 0) is 27.4 Å². The summed E-state index contributed by atoms with van der Waals surface area (Å²) in [5.41, 5.74) is 0. The molecule has 1 heterocycles. The first-order valence-electron chi connectivity index (χ1n) is 4.65. The molecule has 2 unspecified atom stereocenters. The number of hydrogen-bond donors (Lipinski definition) is 2. The van der Waals surface area contributed by atoms with Crippen LogP contribution >= 0.6 is 0 Å². The molecule has 0 saturated carbocycles. The van der Waals surface area contributed by atoms with E-state index in [1.807, 2.05) is 19.0 Å². The van der Waals surface area contributed by atoms with E-state index in [2.05, 4.69) is 4.90 Å². The SMILES string of the molecule is CC(=N)N1CC(O)CC1CN(C)C. The molecule has 2 N–H and O–H groups in total. The Labute approximate surface area is 79.7 Å². The Kier molecular flexibility index (Phi) is 3.27. The number of β-amino-alcohol motifs (C(OH)–C–C–N with tert-alkyl or cyclic N) is 1. The van der Waals surface area contributed by atoms with Gasteiger partial charge in [-0.3, -0.25) is 5.41 Å². The Balaban J connectivity index is 2.55. The summed E-state index contributed by atoms with van der Waals surface area (Å²) >= 11 is 0. The van der Waals surface area contributed by atoms with Gasteiger partial charge in [0.25, 0.3) is 0 Å². The van der Waals surface area contributed by atoms with Crippen molar-refractivity contribution >= 4 is 5.84 Å². The monoisotopic (exact) mass is 185 g/mol. The smallest absolute Gasteiger partial charge is 0.0929 e. The number of amidine groups is 1. The van der Waals surface area contributed by atoms with Gasteiger partial charge in [0.05, 0.1) is 11.9 Å². The maximum atomic E-state index is 9.47. The molecule has 1 fully saturated rings. The molecule has 0 aromatic heterocycles. The van der Waals surface area contributed by atoms with E-state index in [4.69, 9.17) is 5.41 Å². The fraction of sp³-hybridized carbons (Fsp3) is 0.889. The van der Waals surface area contributed by atoms with Gasteiger partial charge in [-0.1, -0.05) is 0 Å². The highest BCUT2D eigenvalue weighted by molar-refractivity contribution is 5.77. The first kappa shape index (κ1) is 10.5. The average Bonchev–Trinajstić information content (AvgIpc) is 2.29. The van der Waals surface area contributed by atoms with Crippen LogP contribution in [0.5, 0.6) is 0 Å². The van der Waals surface area contributed by atoms with Crippen LogP contribution in [0.3, 0.4) is 0 Å². The highest BCUT2D eigenvalue weighted by Gasteiger charge is 2.31. The standard InChI is InChI=1S/C9H19N3O/c1-7(10)12-6-9(13)4-8(12)5-11(2)3/h8-10,13H,4-6H2,1-3H3. The van der Waals surface area contributed by atoms with Gasteiger partial charge in [-0.2, -0.15) is 0 Å². The summed E-state index contributed by atoms with van der Waals surface area (Å²) in [4.78, 5) is 4.07. The molecule has 1 saturated heterocycles. The quantitative estimate of drug-likeness (QED) is 0.469. The van der Waals surface area contributed by atoms with Crippen LogP contribution in [0.1, 0.15) is 13.3 Å². The van der Waals surface area contributed by atoms with Gasteiger partial charge < -0.3 is 14.9 Å². The lowest BCUT2D eigenvalue weighted by molar-refractivity contribution is 0.187. The maximum Gasteiger partial charge on any atom is 0.0929 e. The van der Waals surface area contributed by atoms with Crippen LogP contribution in [0.2, 0.25) is 0 Å². The number of likely N-dealkylation sites (tertiary alicyclic amines) is 1. The molecule has 1 aliphatic rings. The van der Waals surface area contributed by atoms with Crippen molar-refractivity contribution in [2.45, 2.75) is 25.5 Å². The van der Waals surface area contributed by atoms with E-state index >= 15 is 0 Å². The minimum Gasteiger partial charge on any atom is -0.391 e. The highest BCUT2D eigenvalue weighted by Crippen LogP contribution is 2.18. The van der Waals surface area contributed by atoms with Gasteiger partial charge in [-0.25, -0.2) is 0 Å². The van der Waals surface area contributed by atoms with E-state index < -0.39 is 0 Å². The fourth-order valence-corrected chi connectivity index (χ4v) is 1.90. The Bertz CT molecular complexity index is 193. The number of nitrogens with one attached hydrogen (secondary N) is 1. The number of aliphatic hydroxyl groups excluding tert-OH is 1. The van der Waals surface area contributed by atoms with Crippen LogP contribution in [-0.2, 0) is 0 Å². The second-order valence-electron chi connectivity index (χ2n) is 4.04. The number of likely N-dealkylation sites (N-methyl/N-ethyl adjacent to an activating group) is 1. The Hall–Kier alpha value is -0.610. The van der Waals surface area contributed by atoms with Crippen molar-refractivity contribution in [2.24, 2.45) is 0 Å². The fourth-order valence-electron chi connectivity index (χ4n) is 1.90. The zero-order valence-corrected chi connectivity index (χ0v) is 8.62. The minimum atomic E-state index is -0.259. The van der Waals surface area contributed by atoms with Crippen molar-refractivity contribution in [1.82, 2.24) is 9.80 Å². The molecule has 0 aromatic rings. The van der Waals surface area contributed by atoms with Gasteiger partial charge in [0.1, 0.15) is 0 Å². The molecular weight excluding hydrogens is 166 g/mol. The molecule has 0 bridgehead atoms. The molecule has 1 aliphatic heterocycles. The zero-order valence-electron chi connectivity index (χ0n) is 8.62. The second-order valence-corrected chi connectivity index (χ2v) is 4.04. The molecular formula is C9H19N3O. The van der Waals surface area contributed by atoms with E-state index in [1.54, 1.807) is 6.92 Å². The highest BCUT2D eigenvalue weighted by atomic mass is 16.3. The first-order valence-corrected chi connectivity index (χ1v) is 4.65. The number of nitrogens with zero attached hydrogens (tertiary/aromatic N) is 2. The zero-order chi connectivity index (χ0) is 10.0. The predicted octanol–water partition coefficient (Wildman–Crippen LogP) is -0.0196. The number of hydrogen-bond acceptors (Lipinski definition) is 3. The lowest BCUT2D eigenvalue weighted by Gasteiger charge is -2.27. The normalized spacial score (nSPS) is 28.5. The first-order chi connectivity index (χ1) is 6.00. The molecule has 76 valence electrons. The predicted molar refractivity (Wildman–Crippen MR) is 53.1 cm³/mol. The Morgan fingerprint density at radius 3 is 2.69 bits per heavy atom. The van der Waals surface area contributed by atoms with Crippen LogP contribution in [0.25, 0.3) is 0 Å². The summed E-state index contributed by atoms with van der Waals surface area (Å²) in [6.45, 7) is 3.31. The lowest BCUT2D eigenvalue weighted by atomic mass is 10.2. The summed E-state index contributed by atoms with van der Waals surface area (Å²) in [5, 5.41) is 17.0. The van der Waals surface area contributed by atoms with Crippen molar-refractivity contribution < 1.29 is 5.11 Å². The van der Waals surface area contributed by atoms with Gasteiger partial charge in [0.15, 0.2) is 0 Å². The maximum absolute atomic E-state index is 9.47. The summed E-state index contributed by atoms with van der Waals surface area (Å²) in [7, 11) is 4.03. The van der Waals surface area contributed by atoms with Crippen molar-refractivity contribution in [1.29, 1.82) is 5.41 Å². The summed E-state index contributed by atoms with van der Waals surface area (Å²) in [6.07, 6.45) is 0.527. The molecule has 4 heteroatoms. The minimum absolute atomic E-state index is 0.259. The van der Waals surface area contributed by atoms with E-state index in [9.17, 15) is 5.11 Å². The summed E-state index contributed by atoms with van der Waals surface area (Å²) < 4.78 is 0. The third-order valence-electron chi connectivity index (χ3n) is 2.40. The summed E-state index contributed by atoms with van der Waals surface area (Å²) in [6, 6.07) is 0.308. The van der Waals surface area contributed by atoms with Gasteiger partial charge in [0.2, 0.25) is 0 Å². The number of aliphatic hydroxyl groups is 1. The molecule has 2 atom stereocenters. The molecule has 0 spiro atoms. The van der Waals surface area contributed by atoms with E-state index in [-0.39, 0.29) is 6.10 Å². The van der Waals surface area contributed by atoms with Crippen molar-refractivity contribution in [3.05, 3.63) is 0 Å². The largest absolute Gasteiger partial charge is 0.391 e. The number of rotatable bonds is 2. The van der Waals surface area contributed by atoms with Crippen molar-refractivity contribution in [3.63, 3.8) is 0 Å². The summed E-state index contributed by atoms with van der Waals surface area (Å²) in [5.74, 6) is 0.559. The van der Waals surface area contributed by atoms with Crippen LogP contribution in [0, 0.1) is 5.41 Å². The molecule has 13 heavy (non-hydrogen) atoms. The molecule has 0 aliphatic carbocycles. The third-order valence-corrected chi connectivity index (χ3v) is 2.40. The molecule has 0 radical (unpaired) electrons. The van der Waals surface area contributed by atoms with Crippen LogP contribution in [-0.4, -0.2) is 60.1 Å². The Morgan fingerprint density at radius 2 is 2.23 bits per heavy atom. The van der Waals surface area contributed by atoms with E-state index in [0.717, 1.165) is 13.0 Å². The van der Waals surface area contributed by atoms with Gasteiger partial charge in [0, 0.05) is 19.1 Å². The van der Waals surface area contributed by atoms with Gasteiger partial charge >= 0.3 is 0 Å². The van der Waals surface area contributed by atoms with Crippen LogP contribution in [0.15, 0.2) is 0 Å². The van der Waals surface area contributed by atoms with E-state index in [1.165, 1.54) is 0 Å². The molecule has 0 amide bonds. The average molecular weight is 185 g/mol. The van der Waals surface area contributed by atoms with E-state index in [0.29, 0.717) is 18.4 Å². The second kappa shape index (κ2) is 4.07. The molecule has 0 aromatic carbocycles. The Morgan fingerprint density at radius 1 is 1.62 bits per heavy atom. The van der Waals surface area contributed by atoms with Crippen molar-refractivity contribution in [3.8, 4) is 0 Å². The van der Waals surface area contributed by atoms with Gasteiger partial charge in [-0.15, -0.1) is 0 Å².